The second-order valence-electron chi connectivity index (χ2n) is 3.19. The smallest absolute Gasteiger partial charge is 0.214 e. The quantitative estimate of drug-likeness (QED) is 0.786. The maximum Gasteiger partial charge on any atom is 0.214 e. The highest BCUT2D eigenvalue weighted by Crippen LogP contribution is 2.21. The maximum atomic E-state index is 12.0. The molecule has 15 heavy (non-hydrogen) atoms. The van der Waals surface area contributed by atoms with Crippen molar-refractivity contribution in [1.29, 1.82) is 0 Å². The Kier molecular flexibility index (Phi) is 2.48. The Balaban J connectivity index is 2.45. The molecule has 0 spiro atoms. The van der Waals surface area contributed by atoms with Crippen molar-refractivity contribution in [2.75, 3.05) is 0 Å². The van der Waals surface area contributed by atoms with Crippen molar-refractivity contribution < 1.29 is 9.21 Å². The van der Waals surface area contributed by atoms with Gasteiger partial charge < -0.3 is 4.42 Å². The van der Waals surface area contributed by atoms with Crippen molar-refractivity contribution in [2.24, 2.45) is 7.05 Å². The summed E-state index contributed by atoms with van der Waals surface area (Å²) in [4.78, 5) is 12.0. The molecule has 4 nitrogen and oxygen atoms in total. The van der Waals surface area contributed by atoms with Gasteiger partial charge in [-0.05, 0) is 28.9 Å². The van der Waals surface area contributed by atoms with Gasteiger partial charge in [0.15, 0.2) is 4.67 Å². The monoisotopic (exact) mass is 268 g/mol. The third kappa shape index (κ3) is 1.74. The number of halogens is 1. The van der Waals surface area contributed by atoms with Crippen LogP contribution < -0.4 is 0 Å². The first kappa shape index (κ1) is 10.2. The van der Waals surface area contributed by atoms with Gasteiger partial charge in [0, 0.05) is 19.3 Å². The summed E-state index contributed by atoms with van der Waals surface area (Å²) in [5, 5.41) is 3.95. The van der Waals surface area contributed by atoms with Crippen LogP contribution in [0.4, 0.5) is 0 Å². The highest BCUT2D eigenvalue weighted by Gasteiger charge is 2.18. The number of aromatic nitrogens is 2. The second-order valence-corrected chi connectivity index (χ2v) is 3.97. The molecule has 0 amide bonds. The molecular weight excluding hydrogens is 260 g/mol. The number of rotatable bonds is 2. The fraction of sp³-hybridized carbons (Fsp3) is 0.200. The molecule has 0 radical (unpaired) electrons. The molecule has 0 atom stereocenters. The van der Waals surface area contributed by atoms with Crippen molar-refractivity contribution >= 4 is 21.7 Å². The van der Waals surface area contributed by atoms with E-state index in [2.05, 4.69) is 21.0 Å². The second kappa shape index (κ2) is 3.66. The van der Waals surface area contributed by atoms with E-state index < -0.39 is 0 Å². The summed E-state index contributed by atoms with van der Waals surface area (Å²) in [6, 6.07) is 3.35. The van der Waals surface area contributed by atoms with E-state index in [1.807, 2.05) is 0 Å². The van der Waals surface area contributed by atoms with E-state index in [-0.39, 0.29) is 5.78 Å². The van der Waals surface area contributed by atoms with Crippen LogP contribution in [0.2, 0.25) is 0 Å². The number of hydrogen-bond acceptors (Lipinski definition) is 3. The van der Waals surface area contributed by atoms with E-state index in [4.69, 9.17) is 4.42 Å². The summed E-state index contributed by atoms with van der Waals surface area (Å²) < 4.78 is 7.34. The summed E-state index contributed by atoms with van der Waals surface area (Å²) in [5.41, 5.74) is 1.11. The average molecular weight is 269 g/mol. The topological polar surface area (TPSA) is 48.0 Å². The summed E-state index contributed by atoms with van der Waals surface area (Å²) in [5.74, 6) is 0.523. The molecule has 2 aromatic rings. The zero-order chi connectivity index (χ0) is 11.0. The predicted molar refractivity (Wildman–Crippen MR) is 57.8 cm³/mol. The van der Waals surface area contributed by atoms with Crippen molar-refractivity contribution in [3.8, 4) is 0 Å². The Morgan fingerprint density at radius 2 is 2.33 bits per heavy atom. The standard InChI is InChI=1S/C10H9BrN2O2/c1-6-7(5-9(11)15-6)10(14)8-3-4-12-13(8)2/h3-5H,1-2H3. The number of hydrogen-bond donors (Lipinski definition) is 0. The molecule has 2 rings (SSSR count). The molecule has 2 heterocycles. The lowest BCUT2D eigenvalue weighted by Crippen LogP contribution is -2.08. The van der Waals surface area contributed by atoms with Crippen LogP contribution in [0.1, 0.15) is 21.8 Å². The summed E-state index contributed by atoms with van der Waals surface area (Å²) in [7, 11) is 1.73. The zero-order valence-electron chi connectivity index (χ0n) is 8.32. The molecule has 0 aliphatic carbocycles. The first-order valence-electron chi connectivity index (χ1n) is 4.38. The van der Waals surface area contributed by atoms with Crippen LogP contribution in [0.25, 0.3) is 0 Å². The fourth-order valence-electron chi connectivity index (χ4n) is 1.41. The normalized spacial score (nSPS) is 10.6. The van der Waals surface area contributed by atoms with E-state index in [1.165, 1.54) is 0 Å². The van der Waals surface area contributed by atoms with Crippen molar-refractivity contribution in [3.05, 3.63) is 40.0 Å². The van der Waals surface area contributed by atoms with Crippen molar-refractivity contribution in [2.45, 2.75) is 6.92 Å². The predicted octanol–water partition coefficient (Wildman–Crippen LogP) is 2.32. The van der Waals surface area contributed by atoms with Gasteiger partial charge in [0.1, 0.15) is 11.5 Å². The molecule has 0 unspecified atom stereocenters. The minimum atomic E-state index is -0.0815. The van der Waals surface area contributed by atoms with Gasteiger partial charge in [-0.1, -0.05) is 0 Å². The van der Waals surface area contributed by atoms with Crippen LogP contribution in [0.15, 0.2) is 27.4 Å². The van der Waals surface area contributed by atoms with Crippen LogP contribution in [0.3, 0.4) is 0 Å². The Labute approximate surface area is 95.0 Å². The Morgan fingerprint density at radius 1 is 1.60 bits per heavy atom. The Hall–Kier alpha value is -1.36. The van der Waals surface area contributed by atoms with E-state index in [1.54, 1.807) is 37.0 Å². The minimum Gasteiger partial charge on any atom is -0.454 e. The van der Waals surface area contributed by atoms with Gasteiger partial charge in [0.05, 0.1) is 5.56 Å². The molecular formula is C10H9BrN2O2. The highest BCUT2D eigenvalue weighted by molar-refractivity contribution is 9.10. The van der Waals surface area contributed by atoms with E-state index in [0.29, 0.717) is 21.7 Å². The van der Waals surface area contributed by atoms with Gasteiger partial charge in [0.25, 0.3) is 0 Å². The lowest BCUT2D eigenvalue weighted by atomic mass is 10.1. The SMILES string of the molecule is Cc1oc(Br)cc1C(=O)c1ccnn1C. The zero-order valence-corrected chi connectivity index (χ0v) is 9.91. The van der Waals surface area contributed by atoms with Gasteiger partial charge in [-0.25, -0.2) is 0 Å². The van der Waals surface area contributed by atoms with Gasteiger partial charge in [0.2, 0.25) is 5.78 Å². The molecule has 0 saturated carbocycles. The number of furan rings is 1. The first-order valence-corrected chi connectivity index (χ1v) is 5.17. The molecule has 0 saturated heterocycles. The maximum absolute atomic E-state index is 12.0. The van der Waals surface area contributed by atoms with Crippen molar-refractivity contribution in [1.82, 2.24) is 9.78 Å². The van der Waals surface area contributed by atoms with E-state index in [0.717, 1.165) is 0 Å². The largest absolute Gasteiger partial charge is 0.454 e. The average Bonchev–Trinajstić information content (AvgIpc) is 2.71. The lowest BCUT2D eigenvalue weighted by Gasteiger charge is -1.98. The van der Waals surface area contributed by atoms with Gasteiger partial charge in [-0.2, -0.15) is 5.10 Å². The number of carbonyl (C=O) groups is 1. The molecule has 0 aliphatic heterocycles. The van der Waals surface area contributed by atoms with Crippen LogP contribution in [-0.4, -0.2) is 15.6 Å². The Bertz CT molecular complexity index is 513. The molecule has 0 fully saturated rings. The first-order chi connectivity index (χ1) is 7.09. The molecule has 0 aliphatic rings. The van der Waals surface area contributed by atoms with E-state index in [9.17, 15) is 4.79 Å². The van der Waals surface area contributed by atoms with Crippen LogP contribution in [0, 0.1) is 6.92 Å². The summed E-state index contributed by atoms with van der Waals surface area (Å²) in [6.45, 7) is 1.76. The lowest BCUT2D eigenvalue weighted by molar-refractivity contribution is 0.102. The molecule has 5 heteroatoms. The number of aryl methyl sites for hydroxylation is 2. The van der Waals surface area contributed by atoms with Gasteiger partial charge >= 0.3 is 0 Å². The van der Waals surface area contributed by atoms with Gasteiger partial charge in [-0.15, -0.1) is 0 Å². The Morgan fingerprint density at radius 3 is 2.80 bits per heavy atom. The molecule has 0 N–H and O–H groups in total. The summed E-state index contributed by atoms with van der Waals surface area (Å²) in [6.07, 6.45) is 1.59. The number of ketones is 1. The molecule has 0 aromatic carbocycles. The number of nitrogens with zero attached hydrogens (tertiary/aromatic N) is 2. The third-order valence-electron chi connectivity index (χ3n) is 2.19. The molecule has 0 bridgehead atoms. The van der Waals surface area contributed by atoms with Gasteiger partial charge in [-0.3, -0.25) is 9.48 Å². The third-order valence-corrected chi connectivity index (χ3v) is 2.58. The molecule has 2 aromatic heterocycles. The van der Waals surface area contributed by atoms with Crippen molar-refractivity contribution in [3.63, 3.8) is 0 Å². The van der Waals surface area contributed by atoms with Crippen LogP contribution in [-0.2, 0) is 7.05 Å². The highest BCUT2D eigenvalue weighted by atomic mass is 79.9. The van der Waals surface area contributed by atoms with Crippen LogP contribution >= 0.6 is 15.9 Å². The summed E-state index contributed by atoms with van der Waals surface area (Å²) >= 11 is 3.19. The fourth-order valence-corrected chi connectivity index (χ4v) is 1.88. The number of carbonyl (C=O) groups excluding carboxylic acids is 1. The van der Waals surface area contributed by atoms with E-state index >= 15 is 0 Å². The van der Waals surface area contributed by atoms with Crippen LogP contribution in [0.5, 0.6) is 0 Å². The minimum absolute atomic E-state index is 0.0815. The molecule has 78 valence electrons.